The molecule has 0 bridgehead atoms. The summed E-state index contributed by atoms with van der Waals surface area (Å²) in [6.45, 7) is -0.495. The van der Waals surface area contributed by atoms with Gasteiger partial charge in [-0.2, -0.15) is 4.73 Å². The maximum atomic E-state index is 13.3. The number of fused-ring (bicyclic) bond motifs is 1. The van der Waals surface area contributed by atoms with Crippen LogP contribution < -0.4 is 22.2 Å². The van der Waals surface area contributed by atoms with Crippen LogP contribution in [0.4, 0.5) is 5.13 Å². The molecule has 3 amide bonds. The molecule has 2 atom stereocenters. The van der Waals surface area contributed by atoms with E-state index in [9.17, 15) is 39.4 Å². The lowest BCUT2D eigenvalue weighted by Crippen LogP contribution is -2.71. The highest BCUT2D eigenvalue weighted by molar-refractivity contribution is 8.01. The van der Waals surface area contributed by atoms with Gasteiger partial charge in [0.25, 0.3) is 17.7 Å². The molecule has 22 heteroatoms. The second kappa shape index (κ2) is 12.5. The molecule has 0 saturated carbocycles. The quantitative estimate of drug-likeness (QED) is 0.0477. The van der Waals surface area contributed by atoms with E-state index < -0.39 is 52.9 Å². The van der Waals surface area contributed by atoms with Crippen molar-refractivity contribution in [3.8, 4) is 5.75 Å². The van der Waals surface area contributed by atoms with Crippen molar-refractivity contribution in [3.05, 3.63) is 55.5 Å². The van der Waals surface area contributed by atoms with E-state index in [1.807, 2.05) is 0 Å². The Kier molecular flexibility index (Phi) is 8.75. The Bertz CT molecular complexity index is 1800. The van der Waals surface area contributed by atoms with Gasteiger partial charge in [0.2, 0.25) is 10.4 Å². The Morgan fingerprint density at radius 2 is 2.05 bits per heavy atom. The molecular weight excluding hydrogens is 663 g/mol. The molecule has 1 saturated heterocycles. The molecule has 5 heterocycles. The van der Waals surface area contributed by atoms with Gasteiger partial charge in [0.05, 0.1) is 6.20 Å². The third-order valence-corrected chi connectivity index (χ3v) is 10.1. The van der Waals surface area contributed by atoms with Crippen LogP contribution in [0.5, 0.6) is 5.75 Å². The summed E-state index contributed by atoms with van der Waals surface area (Å²) in [6.07, 6.45) is 0.759. The van der Waals surface area contributed by atoms with Crippen LogP contribution in [-0.2, 0) is 25.8 Å². The van der Waals surface area contributed by atoms with Crippen molar-refractivity contribution >= 4 is 80.7 Å². The van der Waals surface area contributed by atoms with Crippen molar-refractivity contribution in [2.24, 2.45) is 10.9 Å². The van der Waals surface area contributed by atoms with Gasteiger partial charge in [-0.25, -0.2) is 9.78 Å². The first-order valence-electron chi connectivity index (χ1n) is 12.0. The Balaban J connectivity index is 1.30. The highest BCUT2D eigenvalue weighted by atomic mass is 32.2. The lowest BCUT2D eigenvalue weighted by Gasteiger charge is -2.49. The third-order valence-electron chi connectivity index (χ3n) is 5.96. The van der Waals surface area contributed by atoms with E-state index in [4.69, 9.17) is 16.3 Å². The van der Waals surface area contributed by atoms with E-state index in [0.717, 1.165) is 51.6 Å². The highest BCUT2D eigenvalue weighted by Gasteiger charge is 2.54. The van der Waals surface area contributed by atoms with Crippen molar-refractivity contribution in [3.63, 3.8) is 0 Å². The zero-order valence-electron chi connectivity index (χ0n) is 21.8. The number of nitrogens with one attached hydrogen (secondary N) is 1. The zero-order valence-corrected chi connectivity index (χ0v) is 25.0. The molecule has 18 nitrogen and oxygen atoms in total. The summed E-state index contributed by atoms with van der Waals surface area (Å²) in [7, 11) is 0. The van der Waals surface area contributed by atoms with E-state index in [0.29, 0.717) is 14.6 Å². The molecule has 44 heavy (non-hydrogen) atoms. The number of rotatable bonds is 11. The highest BCUT2D eigenvalue weighted by Crippen LogP contribution is 2.41. The molecule has 1 fully saturated rings. The van der Waals surface area contributed by atoms with Crippen LogP contribution in [-0.4, -0.2) is 92.6 Å². The van der Waals surface area contributed by atoms with E-state index >= 15 is 0 Å². The van der Waals surface area contributed by atoms with Gasteiger partial charge >= 0.3 is 5.97 Å². The number of carbonyl (C=O) groups is 4. The van der Waals surface area contributed by atoms with Gasteiger partial charge in [-0.05, 0) is 5.57 Å². The number of hydrogen-bond acceptors (Lipinski definition) is 17. The van der Waals surface area contributed by atoms with Crippen molar-refractivity contribution in [1.82, 2.24) is 30.1 Å². The molecular formula is C22H19N9O9S4. The second-order valence-electron chi connectivity index (χ2n) is 8.79. The van der Waals surface area contributed by atoms with Gasteiger partial charge in [-0.3, -0.25) is 24.1 Å². The maximum absolute atomic E-state index is 13.3. The number of nitrogen functional groups attached to an aromatic ring is 1. The standard InChI is InChI=1S/C22H19N9O9S4/c23-15(34)17-27-28-22(44-17)43-5-7-4-41-19-13(18(36)31(19)14(7)20(37)38)26-16(35)12(9-6-42-21(24)25-9)29-40-3-8-1-10(32)11(33)2-30(8)39/h1-2,6,13,19,33,39H,3-5H2,(H2,23,34)(H2,24,25)(H,26,35)(H,37,38)/b29-12-/t13-,19-/m1/s1. The number of carbonyl (C=O) groups excluding carboxylic acids is 3. The fourth-order valence-electron chi connectivity index (χ4n) is 3.95. The van der Waals surface area contributed by atoms with Crippen molar-refractivity contribution in [2.45, 2.75) is 22.4 Å². The summed E-state index contributed by atoms with van der Waals surface area (Å²) >= 11 is 4.34. The number of β-lactam (4-membered cyclic amide) rings is 1. The molecule has 0 aliphatic carbocycles. The number of oxime groups is 1. The van der Waals surface area contributed by atoms with Gasteiger partial charge in [0.15, 0.2) is 27.5 Å². The number of aliphatic carboxylic acids is 1. The van der Waals surface area contributed by atoms with Gasteiger partial charge in [0.1, 0.15) is 28.5 Å². The number of aromatic hydroxyl groups is 1. The second-order valence-corrected chi connectivity index (χ2v) is 13.0. The molecule has 5 rings (SSSR count). The van der Waals surface area contributed by atoms with Crippen LogP contribution in [0.15, 0.2) is 43.2 Å². The van der Waals surface area contributed by atoms with Gasteiger partial charge in [-0.15, -0.1) is 33.3 Å². The monoisotopic (exact) mass is 681 g/mol. The average molecular weight is 682 g/mol. The number of primary amides is 1. The van der Waals surface area contributed by atoms with E-state index in [2.05, 4.69) is 25.7 Å². The number of pyridine rings is 1. The largest absolute Gasteiger partial charge is 0.503 e. The van der Waals surface area contributed by atoms with E-state index in [1.54, 1.807) is 0 Å². The fourth-order valence-corrected chi connectivity index (χ4v) is 7.68. The number of aromatic nitrogens is 4. The minimum absolute atomic E-state index is 0.0113. The molecule has 0 radical (unpaired) electrons. The first-order chi connectivity index (χ1) is 20.9. The van der Waals surface area contributed by atoms with Crippen molar-refractivity contribution in [1.29, 1.82) is 0 Å². The molecule has 2 aliphatic heterocycles. The summed E-state index contributed by atoms with van der Waals surface area (Å²) in [5.41, 5.74) is 9.86. The number of hydrogen-bond donors (Lipinski definition) is 6. The lowest BCUT2D eigenvalue weighted by atomic mass is 10.0. The number of carboxylic acid groups (broad SMARTS) is 1. The normalized spacial score (nSPS) is 18.0. The van der Waals surface area contributed by atoms with Gasteiger partial charge in [-0.1, -0.05) is 28.3 Å². The summed E-state index contributed by atoms with van der Waals surface area (Å²) in [5, 5.41) is 43.8. The van der Waals surface area contributed by atoms with Crippen molar-refractivity contribution in [2.75, 3.05) is 17.2 Å². The molecule has 3 aromatic rings. The van der Waals surface area contributed by atoms with Gasteiger partial charge in [0, 0.05) is 23.0 Å². The SMILES string of the molecule is NC(=O)c1nnc(SCC2=C(C(=O)O)N3C(=O)[C@@H](NC(=O)/C(=N\OCc4cc(=O)c(O)cn4O)c4csc(N)n4)[C@H]3SC2)s1. The molecule has 0 spiro atoms. The number of nitrogens with two attached hydrogens (primary N) is 2. The van der Waals surface area contributed by atoms with Crippen LogP contribution in [0.25, 0.3) is 0 Å². The summed E-state index contributed by atoms with van der Waals surface area (Å²) in [5.74, 6) is -3.94. The molecule has 230 valence electrons. The van der Waals surface area contributed by atoms with Gasteiger partial charge < -0.3 is 37.0 Å². The minimum Gasteiger partial charge on any atom is -0.503 e. The number of amides is 3. The van der Waals surface area contributed by atoms with Crippen LogP contribution >= 0.6 is 46.2 Å². The van der Waals surface area contributed by atoms with Crippen LogP contribution in [0.1, 0.15) is 21.2 Å². The Hall–Kier alpha value is -4.67. The first kappa shape index (κ1) is 30.8. The maximum Gasteiger partial charge on any atom is 0.352 e. The van der Waals surface area contributed by atoms with Crippen LogP contribution in [0.2, 0.25) is 0 Å². The zero-order chi connectivity index (χ0) is 31.7. The number of thioether (sulfide) groups is 2. The molecule has 8 N–H and O–H groups in total. The average Bonchev–Trinajstić information content (AvgIpc) is 3.64. The number of nitrogens with zero attached hydrogens (tertiary/aromatic N) is 6. The van der Waals surface area contributed by atoms with Crippen LogP contribution in [0, 0.1) is 0 Å². The van der Waals surface area contributed by atoms with E-state index in [1.165, 1.54) is 17.1 Å². The summed E-state index contributed by atoms with van der Waals surface area (Å²) < 4.78 is 0.842. The molecule has 0 aromatic carbocycles. The molecule has 2 aliphatic rings. The van der Waals surface area contributed by atoms with Crippen LogP contribution in [0.3, 0.4) is 0 Å². The number of thiazole rings is 1. The fraction of sp³-hybridized carbons (Fsp3) is 0.227. The first-order valence-corrected chi connectivity index (χ1v) is 15.7. The smallest absolute Gasteiger partial charge is 0.352 e. The summed E-state index contributed by atoms with van der Waals surface area (Å²) in [6, 6.07) is -0.210. The predicted octanol–water partition coefficient (Wildman–Crippen LogP) is -0.768. The third kappa shape index (κ3) is 6.17. The number of anilines is 1. The molecule has 3 aromatic heterocycles. The summed E-state index contributed by atoms with van der Waals surface area (Å²) in [4.78, 5) is 71.8. The lowest BCUT2D eigenvalue weighted by molar-refractivity contribution is -0.150. The topological polar surface area (TPSA) is 279 Å². The Morgan fingerprint density at radius 1 is 1.27 bits per heavy atom. The Labute approximate surface area is 261 Å². The van der Waals surface area contributed by atoms with Crippen molar-refractivity contribution < 1.29 is 39.4 Å². The van der Waals surface area contributed by atoms with E-state index in [-0.39, 0.29) is 44.4 Å². The minimum atomic E-state index is -1.33. The Morgan fingerprint density at radius 3 is 2.70 bits per heavy atom. The number of carboxylic acids is 1. The predicted molar refractivity (Wildman–Crippen MR) is 156 cm³/mol. The molecule has 0 unspecified atom stereocenters.